The van der Waals surface area contributed by atoms with Crippen LogP contribution in [0.15, 0.2) is 77.3 Å². The van der Waals surface area contributed by atoms with Crippen molar-refractivity contribution in [3.8, 4) is 17.2 Å². The van der Waals surface area contributed by atoms with Crippen molar-refractivity contribution in [3.63, 3.8) is 0 Å². The van der Waals surface area contributed by atoms with Crippen LogP contribution in [-0.4, -0.2) is 31.8 Å². The highest BCUT2D eigenvalue weighted by molar-refractivity contribution is 9.10. The van der Waals surface area contributed by atoms with Gasteiger partial charge < -0.3 is 18.9 Å². The first-order valence-corrected chi connectivity index (χ1v) is 11.0. The molecule has 0 aliphatic heterocycles. The van der Waals surface area contributed by atoms with Gasteiger partial charge in [-0.3, -0.25) is 0 Å². The lowest BCUT2D eigenvalue weighted by molar-refractivity contribution is 0.0449. The number of halogens is 1. The summed E-state index contributed by atoms with van der Waals surface area (Å²) < 4.78 is 22.4. The number of carbonyl (C=O) groups is 2. The minimum Gasteiger partial charge on any atom is -0.492 e. The molecule has 0 aliphatic carbocycles. The lowest BCUT2D eigenvalue weighted by Crippen LogP contribution is -2.13. The Morgan fingerprint density at radius 2 is 1.50 bits per heavy atom. The summed E-state index contributed by atoms with van der Waals surface area (Å²) in [7, 11) is 0. The van der Waals surface area contributed by atoms with E-state index in [2.05, 4.69) is 15.9 Å². The summed E-state index contributed by atoms with van der Waals surface area (Å²) in [6.45, 7) is 2.93. The minimum atomic E-state index is -0.547. The Morgan fingerprint density at radius 3 is 2.25 bits per heavy atom. The minimum absolute atomic E-state index is 0.0955. The molecule has 0 bridgehead atoms. The number of ether oxygens (including phenoxy) is 4. The lowest BCUT2D eigenvalue weighted by atomic mass is 10.2. The van der Waals surface area contributed by atoms with E-state index in [9.17, 15) is 9.59 Å². The van der Waals surface area contributed by atoms with Crippen molar-refractivity contribution >= 4 is 27.9 Å². The standard InChI is InChI=1S/C25H23BrO6/c1-2-13-30-23-12-11-19(17-22(23)26)25(28)32-21-10-6-7-18(16-21)24(27)31-15-14-29-20-8-4-3-5-9-20/h3-12,16-17H,2,13-15H2,1H3. The predicted octanol–water partition coefficient (Wildman–Crippen LogP) is 5.69. The number of para-hydroxylation sites is 1. The molecule has 0 unspecified atom stereocenters. The summed E-state index contributed by atoms with van der Waals surface area (Å²) >= 11 is 3.40. The maximum absolute atomic E-state index is 12.5. The average Bonchev–Trinajstić information content (AvgIpc) is 2.81. The summed E-state index contributed by atoms with van der Waals surface area (Å²) in [6, 6.07) is 20.5. The first-order chi connectivity index (χ1) is 15.6. The van der Waals surface area contributed by atoms with Crippen LogP contribution in [0.2, 0.25) is 0 Å². The van der Waals surface area contributed by atoms with Crippen molar-refractivity contribution in [1.82, 2.24) is 0 Å². The Bertz CT molecular complexity index is 1050. The smallest absolute Gasteiger partial charge is 0.343 e. The fourth-order valence-electron chi connectivity index (χ4n) is 2.70. The van der Waals surface area contributed by atoms with E-state index in [4.69, 9.17) is 18.9 Å². The van der Waals surface area contributed by atoms with E-state index >= 15 is 0 Å². The fourth-order valence-corrected chi connectivity index (χ4v) is 3.20. The zero-order valence-corrected chi connectivity index (χ0v) is 19.2. The summed E-state index contributed by atoms with van der Waals surface area (Å²) in [5.41, 5.74) is 0.631. The van der Waals surface area contributed by atoms with Gasteiger partial charge >= 0.3 is 11.9 Å². The zero-order chi connectivity index (χ0) is 22.8. The van der Waals surface area contributed by atoms with Gasteiger partial charge in [0.2, 0.25) is 0 Å². The van der Waals surface area contributed by atoms with E-state index in [1.165, 1.54) is 6.07 Å². The number of benzene rings is 3. The summed E-state index contributed by atoms with van der Waals surface area (Å²) in [5.74, 6) is 0.528. The molecule has 0 saturated heterocycles. The summed E-state index contributed by atoms with van der Waals surface area (Å²) in [5, 5.41) is 0. The molecule has 166 valence electrons. The van der Waals surface area contributed by atoms with Crippen LogP contribution in [-0.2, 0) is 4.74 Å². The van der Waals surface area contributed by atoms with E-state index in [0.29, 0.717) is 28.1 Å². The molecule has 0 atom stereocenters. The highest BCUT2D eigenvalue weighted by atomic mass is 79.9. The van der Waals surface area contributed by atoms with Crippen LogP contribution in [0.5, 0.6) is 17.2 Å². The van der Waals surface area contributed by atoms with Crippen molar-refractivity contribution in [3.05, 3.63) is 88.4 Å². The van der Waals surface area contributed by atoms with E-state index < -0.39 is 11.9 Å². The molecule has 0 aromatic heterocycles. The van der Waals surface area contributed by atoms with E-state index in [1.807, 2.05) is 37.3 Å². The van der Waals surface area contributed by atoms with Gasteiger partial charge in [0.25, 0.3) is 0 Å². The molecule has 3 aromatic rings. The zero-order valence-electron chi connectivity index (χ0n) is 17.6. The quantitative estimate of drug-likeness (QED) is 0.203. The van der Waals surface area contributed by atoms with Gasteiger partial charge in [-0.15, -0.1) is 0 Å². The highest BCUT2D eigenvalue weighted by Gasteiger charge is 2.14. The molecule has 0 amide bonds. The Labute approximate surface area is 195 Å². The summed E-state index contributed by atoms with van der Waals surface area (Å²) in [4.78, 5) is 24.8. The molecule has 3 rings (SSSR count). The third-order valence-corrected chi connectivity index (χ3v) is 4.86. The van der Waals surface area contributed by atoms with E-state index in [0.717, 1.165) is 6.42 Å². The van der Waals surface area contributed by atoms with Crippen LogP contribution in [0.1, 0.15) is 34.1 Å². The van der Waals surface area contributed by atoms with Gasteiger partial charge in [-0.2, -0.15) is 0 Å². The molecule has 7 heteroatoms. The van der Waals surface area contributed by atoms with Crippen molar-refractivity contribution in [2.45, 2.75) is 13.3 Å². The third kappa shape index (κ3) is 6.85. The number of hydrogen-bond acceptors (Lipinski definition) is 6. The summed E-state index contributed by atoms with van der Waals surface area (Å²) in [6.07, 6.45) is 0.884. The van der Waals surface area contributed by atoms with Crippen molar-refractivity contribution in [1.29, 1.82) is 0 Å². The first-order valence-electron chi connectivity index (χ1n) is 10.2. The van der Waals surface area contributed by atoms with Gasteiger partial charge in [0.1, 0.15) is 30.5 Å². The van der Waals surface area contributed by atoms with Crippen LogP contribution in [0.4, 0.5) is 0 Å². The maximum atomic E-state index is 12.5. The highest BCUT2D eigenvalue weighted by Crippen LogP contribution is 2.27. The van der Waals surface area contributed by atoms with E-state index in [1.54, 1.807) is 36.4 Å². The molecule has 0 spiro atoms. The second-order valence-corrected chi connectivity index (χ2v) is 7.56. The molecular weight excluding hydrogens is 476 g/mol. The van der Waals surface area contributed by atoms with Gasteiger partial charge in [-0.25, -0.2) is 9.59 Å². The average molecular weight is 499 g/mol. The number of esters is 2. The fraction of sp³-hybridized carbons (Fsp3) is 0.200. The molecule has 0 aliphatic rings. The molecule has 0 fully saturated rings. The molecule has 3 aromatic carbocycles. The lowest BCUT2D eigenvalue weighted by Gasteiger charge is -2.10. The predicted molar refractivity (Wildman–Crippen MR) is 124 cm³/mol. The van der Waals surface area contributed by atoms with Crippen molar-refractivity contribution < 1.29 is 28.5 Å². The second-order valence-electron chi connectivity index (χ2n) is 6.71. The van der Waals surface area contributed by atoms with Crippen LogP contribution < -0.4 is 14.2 Å². The van der Waals surface area contributed by atoms with Crippen LogP contribution in [0.25, 0.3) is 0 Å². The normalized spacial score (nSPS) is 10.3. The Kier molecular flexibility index (Phi) is 8.69. The molecule has 6 nitrogen and oxygen atoms in total. The molecule has 0 saturated carbocycles. The van der Waals surface area contributed by atoms with Gasteiger partial charge in [0, 0.05) is 0 Å². The monoisotopic (exact) mass is 498 g/mol. The van der Waals surface area contributed by atoms with Crippen LogP contribution in [0, 0.1) is 0 Å². The van der Waals surface area contributed by atoms with Crippen molar-refractivity contribution in [2.75, 3.05) is 19.8 Å². The van der Waals surface area contributed by atoms with Gasteiger partial charge in [-0.1, -0.05) is 31.2 Å². The van der Waals surface area contributed by atoms with Gasteiger partial charge in [0.15, 0.2) is 0 Å². The third-order valence-electron chi connectivity index (χ3n) is 4.24. The molecule has 0 N–H and O–H groups in total. The molecule has 0 heterocycles. The topological polar surface area (TPSA) is 71.1 Å². The maximum Gasteiger partial charge on any atom is 0.343 e. The largest absolute Gasteiger partial charge is 0.492 e. The van der Waals surface area contributed by atoms with Crippen molar-refractivity contribution in [2.24, 2.45) is 0 Å². The Balaban J connectivity index is 1.54. The Morgan fingerprint density at radius 1 is 0.750 bits per heavy atom. The molecule has 32 heavy (non-hydrogen) atoms. The SMILES string of the molecule is CCCOc1ccc(C(=O)Oc2cccc(C(=O)OCCOc3ccccc3)c2)cc1Br. The Hall–Kier alpha value is -3.32. The van der Waals surface area contributed by atoms with Gasteiger partial charge in [-0.05, 0) is 70.9 Å². The number of carbonyl (C=O) groups excluding carboxylic acids is 2. The number of rotatable bonds is 10. The van der Waals surface area contributed by atoms with Gasteiger partial charge in [0.05, 0.1) is 22.2 Å². The van der Waals surface area contributed by atoms with E-state index in [-0.39, 0.29) is 24.5 Å². The van der Waals surface area contributed by atoms with Crippen LogP contribution in [0.3, 0.4) is 0 Å². The molecule has 0 radical (unpaired) electrons. The second kappa shape index (κ2) is 11.9. The number of hydrogen-bond donors (Lipinski definition) is 0. The van der Waals surface area contributed by atoms with Crippen LogP contribution >= 0.6 is 15.9 Å². The molecular formula is C25H23BrO6. The first kappa shape index (κ1) is 23.3.